The van der Waals surface area contributed by atoms with E-state index in [1.54, 1.807) is 0 Å². The molecular formula is C8H16O2Ti. The molecule has 0 amide bonds. The molecule has 0 aliphatic rings. The molecule has 11 heavy (non-hydrogen) atoms. The number of hydrogen-bond acceptors (Lipinski definition) is 2. The molecule has 0 aliphatic heterocycles. The molecule has 0 aromatic rings. The predicted octanol–water partition coefficient (Wildman–Crippen LogP) is 2.28. The van der Waals surface area contributed by atoms with E-state index >= 15 is 0 Å². The van der Waals surface area contributed by atoms with Gasteiger partial charge in [-0.25, -0.2) is 0 Å². The Bertz CT molecular complexity index is 86.2. The molecule has 0 bridgehead atoms. The number of unbranched alkanes of at least 4 members (excludes halogenated alkanes) is 1. The molecule has 1 unspecified atom stereocenters. The maximum atomic E-state index is 10.2. The number of carbonyl (C=O) groups excluding carboxylic acids is 1. The van der Waals surface area contributed by atoms with E-state index in [1.165, 1.54) is 12.8 Å². The number of carbonyl (C=O) groups is 1. The van der Waals surface area contributed by atoms with Gasteiger partial charge in [-0.3, -0.25) is 0 Å². The van der Waals surface area contributed by atoms with Crippen molar-refractivity contribution in [2.75, 3.05) is 0 Å². The van der Waals surface area contributed by atoms with Crippen LogP contribution < -0.4 is 0 Å². The summed E-state index contributed by atoms with van der Waals surface area (Å²) < 4.78 is 8.25. The Hall–Kier alpha value is 0.184. The van der Waals surface area contributed by atoms with Crippen molar-refractivity contribution in [2.45, 2.75) is 39.5 Å². The van der Waals surface area contributed by atoms with E-state index in [4.69, 9.17) is 3.32 Å². The molecule has 0 aliphatic carbocycles. The van der Waals surface area contributed by atoms with Crippen LogP contribution in [-0.2, 0) is 28.5 Å². The average molecular weight is 192 g/mol. The normalized spacial score (nSPS) is 11.0. The summed E-state index contributed by atoms with van der Waals surface area (Å²) >= 11 is 0.750. The molecule has 0 heterocycles. The molecule has 64 valence electrons. The van der Waals surface area contributed by atoms with E-state index in [2.05, 4.69) is 13.8 Å². The zero-order chi connectivity index (χ0) is 9.11. The van der Waals surface area contributed by atoms with Gasteiger partial charge in [0.25, 0.3) is 0 Å². The summed E-state index contributed by atoms with van der Waals surface area (Å²) in [5.41, 5.74) is 0. The van der Waals surface area contributed by atoms with Gasteiger partial charge in [-0.05, 0) is 12.8 Å². The van der Waals surface area contributed by atoms with E-state index < -0.39 is 0 Å². The van der Waals surface area contributed by atoms with Gasteiger partial charge in [-0.15, -0.1) is 0 Å². The Morgan fingerprint density at radius 1 is 1.36 bits per heavy atom. The molecule has 0 spiro atoms. The summed E-state index contributed by atoms with van der Waals surface area (Å²) in [6.07, 6.45) is 5.55. The first-order valence-electron chi connectivity index (χ1n) is 4.00. The van der Waals surface area contributed by atoms with Crippen molar-refractivity contribution in [3.63, 3.8) is 0 Å². The van der Waals surface area contributed by atoms with Gasteiger partial charge in [0, 0.05) is 5.92 Å². The number of rotatable bonds is 5. The third-order valence-corrected chi connectivity index (χ3v) is 1.65. The summed E-state index contributed by atoms with van der Waals surface area (Å²) in [4.78, 5) is 10.2. The molecule has 0 radical (unpaired) electrons. The van der Waals surface area contributed by atoms with Gasteiger partial charge < -0.3 is 4.79 Å². The van der Waals surface area contributed by atoms with Crippen LogP contribution in [0.25, 0.3) is 0 Å². The summed E-state index contributed by atoms with van der Waals surface area (Å²) in [5.74, 6) is 0.324. The Kier molecular flexibility index (Phi) is 16.0. The summed E-state index contributed by atoms with van der Waals surface area (Å²) in [6.45, 7) is 4.21. The van der Waals surface area contributed by atoms with Crippen LogP contribution >= 0.6 is 0 Å². The minimum atomic E-state index is 0.324. The van der Waals surface area contributed by atoms with Gasteiger partial charge in [-0.2, -0.15) is 0 Å². The van der Waals surface area contributed by atoms with Crippen molar-refractivity contribution in [1.29, 1.82) is 0 Å². The van der Waals surface area contributed by atoms with Crippen LogP contribution in [0.4, 0.5) is 0 Å². The number of aldehydes is 1. The Morgan fingerprint density at radius 2 is 1.91 bits per heavy atom. The van der Waals surface area contributed by atoms with Crippen molar-refractivity contribution < 1.29 is 28.5 Å². The second-order valence-electron chi connectivity index (χ2n) is 2.45. The first-order chi connectivity index (χ1) is 5.35. The van der Waals surface area contributed by atoms with Gasteiger partial charge in [0.15, 0.2) is 0 Å². The summed E-state index contributed by atoms with van der Waals surface area (Å²) in [6, 6.07) is 0. The van der Waals surface area contributed by atoms with E-state index in [-0.39, 0.29) is 0 Å². The molecule has 1 atom stereocenters. The fourth-order valence-electron chi connectivity index (χ4n) is 0.835. The van der Waals surface area contributed by atoms with Crippen LogP contribution in [0.2, 0.25) is 0 Å². The molecule has 0 rings (SSSR count). The average Bonchev–Trinajstić information content (AvgIpc) is 2.10. The monoisotopic (exact) mass is 192 g/mol. The molecule has 3 heteroatoms. The van der Waals surface area contributed by atoms with Gasteiger partial charge in [-0.1, -0.05) is 26.7 Å². The van der Waals surface area contributed by atoms with Gasteiger partial charge >= 0.3 is 23.7 Å². The van der Waals surface area contributed by atoms with E-state index in [0.29, 0.717) is 5.92 Å². The van der Waals surface area contributed by atoms with Crippen LogP contribution in [0.3, 0.4) is 0 Å². The van der Waals surface area contributed by atoms with Crippen molar-refractivity contribution in [3.8, 4) is 0 Å². The fraction of sp³-hybridized carbons (Fsp3) is 0.875. The zero-order valence-electron chi connectivity index (χ0n) is 7.30. The van der Waals surface area contributed by atoms with Gasteiger partial charge in [0.1, 0.15) is 6.29 Å². The van der Waals surface area contributed by atoms with Gasteiger partial charge in [0.2, 0.25) is 0 Å². The molecular weight excluding hydrogens is 176 g/mol. The van der Waals surface area contributed by atoms with Crippen molar-refractivity contribution in [2.24, 2.45) is 5.92 Å². The van der Waals surface area contributed by atoms with Crippen molar-refractivity contribution >= 4 is 6.29 Å². The first-order valence-corrected chi connectivity index (χ1v) is 4.64. The fourth-order valence-corrected chi connectivity index (χ4v) is 0.835. The SMILES string of the molecule is CCCCC(C=O)CC.[O]=[Ti]. The molecule has 0 saturated heterocycles. The summed E-state index contributed by atoms with van der Waals surface area (Å²) in [5, 5.41) is 0. The zero-order valence-corrected chi connectivity index (χ0v) is 8.86. The van der Waals surface area contributed by atoms with E-state index in [0.717, 1.165) is 39.5 Å². The predicted molar refractivity (Wildman–Crippen MR) is 40.1 cm³/mol. The molecule has 2 nitrogen and oxygen atoms in total. The molecule has 0 aromatic heterocycles. The number of hydrogen-bond donors (Lipinski definition) is 0. The van der Waals surface area contributed by atoms with Crippen LogP contribution in [0.5, 0.6) is 0 Å². The second-order valence-corrected chi connectivity index (χ2v) is 2.45. The Balaban J connectivity index is 0. The quantitative estimate of drug-likeness (QED) is 0.494. The van der Waals surface area contributed by atoms with Crippen LogP contribution in [0, 0.1) is 5.92 Å². The maximum absolute atomic E-state index is 10.2. The Labute approximate surface area is 80.5 Å². The molecule has 0 fully saturated rings. The molecule has 0 aromatic carbocycles. The topological polar surface area (TPSA) is 34.1 Å². The molecule has 0 saturated carbocycles. The third-order valence-electron chi connectivity index (χ3n) is 1.65. The standard InChI is InChI=1S/C8H16O.O.Ti/c1-3-5-6-8(4-2)7-9;;/h7-8H,3-6H2,1-2H3;;. The third kappa shape index (κ3) is 10.2. The molecule has 0 N–H and O–H groups in total. The van der Waals surface area contributed by atoms with Crippen LogP contribution in [-0.4, -0.2) is 6.29 Å². The van der Waals surface area contributed by atoms with Crippen LogP contribution in [0.15, 0.2) is 0 Å². The second kappa shape index (κ2) is 12.8. The minimum absolute atomic E-state index is 0.324. The Morgan fingerprint density at radius 3 is 2.18 bits per heavy atom. The van der Waals surface area contributed by atoms with E-state index in [9.17, 15) is 4.79 Å². The first kappa shape index (κ1) is 13.8. The van der Waals surface area contributed by atoms with Crippen molar-refractivity contribution in [1.82, 2.24) is 0 Å². The van der Waals surface area contributed by atoms with Gasteiger partial charge in [0.05, 0.1) is 0 Å². The van der Waals surface area contributed by atoms with Crippen molar-refractivity contribution in [3.05, 3.63) is 0 Å². The summed E-state index contributed by atoms with van der Waals surface area (Å²) in [7, 11) is 0. The van der Waals surface area contributed by atoms with Crippen LogP contribution in [0.1, 0.15) is 39.5 Å². The van der Waals surface area contributed by atoms with E-state index in [1.807, 2.05) is 0 Å².